The van der Waals surface area contributed by atoms with E-state index >= 15 is 0 Å². The van der Waals surface area contributed by atoms with E-state index in [9.17, 15) is 0 Å². The summed E-state index contributed by atoms with van der Waals surface area (Å²) in [6.45, 7) is 11.4. The molecule has 0 saturated heterocycles. The Kier molecular flexibility index (Phi) is 5.46. The summed E-state index contributed by atoms with van der Waals surface area (Å²) in [6.07, 6.45) is 5.16. The van der Waals surface area contributed by atoms with E-state index in [-0.39, 0.29) is 5.60 Å². The Labute approximate surface area is 108 Å². The minimum absolute atomic E-state index is 0.0163. The lowest BCUT2D eigenvalue weighted by Crippen LogP contribution is -2.46. The van der Waals surface area contributed by atoms with Crippen molar-refractivity contribution in [3.63, 3.8) is 0 Å². The van der Waals surface area contributed by atoms with Crippen molar-refractivity contribution in [3.8, 4) is 0 Å². The highest BCUT2D eigenvalue weighted by Crippen LogP contribution is 2.29. The van der Waals surface area contributed by atoms with Gasteiger partial charge in [0.15, 0.2) is 0 Å². The molecular weight excluding hydrogens is 210 g/mol. The second-order valence-corrected chi connectivity index (χ2v) is 6.74. The fourth-order valence-corrected chi connectivity index (χ4v) is 3.16. The van der Waals surface area contributed by atoms with E-state index in [1.165, 1.54) is 19.3 Å². The molecule has 102 valence electrons. The van der Waals surface area contributed by atoms with E-state index in [1.54, 1.807) is 7.11 Å². The van der Waals surface area contributed by atoms with Crippen LogP contribution in [0.25, 0.3) is 0 Å². The molecule has 0 aromatic carbocycles. The molecule has 17 heavy (non-hydrogen) atoms. The molecule has 4 unspecified atom stereocenters. The van der Waals surface area contributed by atoms with Gasteiger partial charge in [-0.1, -0.05) is 13.8 Å². The summed E-state index contributed by atoms with van der Waals surface area (Å²) < 4.78 is 5.50. The van der Waals surface area contributed by atoms with Crippen LogP contribution in [0.2, 0.25) is 0 Å². The minimum Gasteiger partial charge on any atom is -0.379 e. The number of ether oxygens (including phenoxy) is 1. The van der Waals surface area contributed by atoms with Crippen molar-refractivity contribution in [2.75, 3.05) is 7.11 Å². The predicted octanol–water partition coefficient (Wildman–Crippen LogP) is 3.60. The zero-order valence-corrected chi connectivity index (χ0v) is 12.5. The van der Waals surface area contributed by atoms with Crippen molar-refractivity contribution >= 4 is 0 Å². The quantitative estimate of drug-likeness (QED) is 0.794. The molecule has 2 nitrogen and oxygen atoms in total. The zero-order chi connectivity index (χ0) is 13.1. The number of nitrogens with one attached hydrogen (secondary N) is 1. The highest BCUT2D eigenvalue weighted by molar-refractivity contribution is 4.85. The van der Waals surface area contributed by atoms with Crippen LogP contribution in [0.5, 0.6) is 0 Å². The van der Waals surface area contributed by atoms with Crippen LogP contribution in [-0.4, -0.2) is 24.8 Å². The highest BCUT2D eigenvalue weighted by Gasteiger charge is 2.28. The fraction of sp³-hybridized carbons (Fsp3) is 1.00. The molecule has 0 aromatic heterocycles. The van der Waals surface area contributed by atoms with Gasteiger partial charge >= 0.3 is 0 Å². The molecule has 1 saturated carbocycles. The van der Waals surface area contributed by atoms with Gasteiger partial charge in [0.1, 0.15) is 0 Å². The van der Waals surface area contributed by atoms with E-state index in [1.807, 2.05) is 0 Å². The zero-order valence-electron chi connectivity index (χ0n) is 12.5. The standard InChI is InChI=1S/C15H31NO/c1-11-7-8-14(12(2)9-11)16-13(3)10-15(4,5)17-6/h11-14,16H,7-10H2,1-6H3. The monoisotopic (exact) mass is 241 g/mol. The third kappa shape index (κ3) is 4.97. The second kappa shape index (κ2) is 6.19. The molecule has 4 atom stereocenters. The van der Waals surface area contributed by atoms with Gasteiger partial charge in [-0.3, -0.25) is 0 Å². The molecule has 0 aromatic rings. The number of rotatable bonds is 5. The van der Waals surface area contributed by atoms with E-state index < -0.39 is 0 Å². The van der Waals surface area contributed by atoms with Crippen LogP contribution in [0, 0.1) is 11.8 Å². The Morgan fingerprint density at radius 2 is 1.94 bits per heavy atom. The number of hydrogen-bond acceptors (Lipinski definition) is 2. The summed E-state index contributed by atoms with van der Waals surface area (Å²) in [4.78, 5) is 0. The van der Waals surface area contributed by atoms with Gasteiger partial charge in [0.05, 0.1) is 5.60 Å². The molecule has 1 rings (SSSR count). The van der Waals surface area contributed by atoms with Crippen molar-refractivity contribution in [1.82, 2.24) is 5.32 Å². The van der Waals surface area contributed by atoms with Gasteiger partial charge in [-0.05, 0) is 58.3 Å². The van der Waals surface area contributed by atoms with Crippen LogP contribution in [0.15, 0.2) is 0 Å². The molecular formula is C15H31NO. The van der Waals surface area contributed by atoms with Crippen molar-refractivity contribution in [3.05, 3.63) is 0 Å². The molecule has 1 fully saturated rings. The van der Waals surface area contributed by atoms with Gasteiger partial charge in [0.2, 0.25) is 0 Å². The van der Waals surface area contributed by atoms with Crippen LogP contribution >= 0.6 is 0 Å². The van der Waals surface area contributed by atoms with Gasteiger partial charge in [0, 0.05) is 19.2 Å². The maximum atomic E-state index is 5.50. The van der Waals surface area contributed by atoms with Crippen molar-refractivity contribution in [1.29, 1.82) is 0 Å². The van der Waals surface area contributed by atoms with Gasteiger partial charge in [-0.15, -0.1) is 0 Å². The predicted molar refractivity (Wildman–Crippen MR) is 74.3 cm³/mol. The summed E-state index contributed by atoms with van der Waals surface area (Å²) in [5.74, 6) is 1.72. The Bertz CT molecular complexity index is 227. The maximum Gasteiger partial charge on any atom is 0.0637 e. The topological polar surface area (TPSA) is 21.3 Å². The maximum absolute atomic E-state index is 5.50. The third-order valence-corrected chi connectivity index (χ3v) is 4.28. The van der Waals surface area contributed by atoms with Gasteiger partial charge in [-0.25, -0.2) is 0 Å². The molecule has 0 amide bonds. The molecule has 1 aliphatic carbocycles. The van der Waals surface area contributed by atoms with E-state index in [0.29, 0.717) is 12.1 Å². The average molecular weight is 241 g/mol. The lowest BCUT2D eigenvalue weighted by molar-refractivity contribution is 0.00630. The lowest BCUT2D eigenvalue weighted by Gasteiger charge is -2.37. The highest BCUT2D eigenvalue weighted by atomic mass is 16.5. The van der Waals surface area contributed by atoms with Gasteiger partial charge in [-0.2, -0.15) is 0 Å². The molecule has 0 radical (unpaired) electrons. The van der Waals surface area contributed by atoms with Crippen LogP contribution in [-0.2, 0) is 4.74 Å². The molecule has 0 heterocycles. The molecule has 0 bridgehead atoms. The van der Waals surface area contributed by atoms with Crippen LogP contribution in [0.4, 0.5) is 0 Å². The van der Waals surface area contributed by atoms with Crippen molar-refractivity contribution in [2.24, 2.45) is 11.8 Å². The normalized spacial score (nSPS) is 32.5. The Balaban J connectivity index is 2.38. The summed E-state index contributed by atoms with van der Waals surface area (Å²) in [5, 5.41) is 3.80. The molecule has 0 aliphatic heterocycles. The average Bonchev–Trinajstić information content (AvgIpc) is 2.21. The van der Waals surface area contributed by atoms with Crippen molar-refractivity contribution < 1.29 is 4.74 Å². The summed E-state index contributed by atoms with van der Waals surface area (Å²) in [7, 11) is 1.80. The SMILES string of the molecule is COC(C)(C)CC(C)NC1CCC(C)CC1C. The molecule has 2 heteroatoms. The third-order valence-electron chi connectivity index (χ3n) is 4.28. The van der Waals surface area contributed by atoms with E-state index in [2.05, 4.69) is 39.9 Å². The largest absolute Gasteiger partial charge is 0.379 e. The Morgan fingerprint density at radius 3 is 2.47 bits per heavy atom. The van der Waals surface area contributed by atoms with Crippen molar-refractivity contribution in [2.45, 2.75) is 78.0 Å². The number of hydrogen-bond donors (Lipinski definition) is 1. The minimum atomic E-state index is -0.0163. The first-order valence-electron chi connectivity index (χ1n) is 7.15. The summed E-state index contributed by atoms with van der Waals surface area (Å²) in [6, 6.07) is 1.24. The lowest BCUT2D eigenvalue weighted by atomic mass is 9.79. The summed E-state index contributed by atoms with van der Waals surface area (Å²) >= 11 is 0. The smallest absolute Gasteiger partial charge is 0.0637 e. The Hall–Kier alpha value is -0.0800. The van der Waals surface area contributed by atoms with Crippen LogP contribution in [0.1, 0.15) is 60.3 Å². The molecule has 0 spiro atoms. The van der Waals surface area contributed by atoms with E-state index in [4.69, 9.17) is 4.74 Å². The van der Waals surface area contributed by atoms with Gasteiger partial charge in [0.25, 0.3) is 0 Å². The summed E-state index contributed by atoms with van der Waals surface area (Å²) in [5.41, 5.74) is -0.0163. The molecule has 1 aliphatic rings. The first-order valence-corrected chi connectivity index (χ1v) is 7.15. The second-order valence-electron chi connectivity index (χ2n) is 6.74. The van der Waals surface area contributed by atoms with Crippen LogP contribution in [0.3, 0.4) is 0 Å². The fourth-order valence-electron chi connectivity index (χ4n) is 3.16. The van der Waals surface area contributed by atoms with Crippen LogP contribution < -0.4 is 5.32 Å². The first kappa shape index (κ1) is 15.0. The van der Waals surface area contributed by atoms with E-state index in [0.717, 1.165) is 18.3 Å². The molecule has 1 N–H and O–H groups in total. The first-order chi connectivity index (χ1) is 7.84. The van der Waals surface area contributed by atoms with Gasteiger partial charge < -0.3 is 10.1 Å². The Morgan fingerprint density at radius 1 is 1.29 bits per heavy atom. The number of methoxy groups -OCH3 is 1.